The molecule has 7 nitrogen and oxygen atoms in total. The predicted octanol–water partition coefficient (Wildman–Crippen LogP) is 5.49. The Bertz CT molecular complexity index is 1180. The summed E-state index contributed by atoms with van der Waals surface area (Å²) in [6.45, 7) is 8.43. The Morgan fingerprint density at radius 2 is 1.68 bits per heavy atom. The minimum atomic E-state index is -3.56. The fourth-order valence-corrected chi connectivity index (χ4v) is 5.63. The first-order chi connectivity index (χ1) is 17.4. The summed E-state index contributed by atoms with van der Waals surface area (Å²) < 4.78 is 26.5. The third-order valence-corrected chi connectivity index (χ3v) is 7.72. The third kappa shape index (κ3) is 9.20. The zero-order chi connectivity index (χ0) is 27.8. The van der Waals surface area contributed by atoms with Gasteiger partial charge in [0.15, 0.2) is 0 Å². The number of aryl methyl sites for hydroxylation is 2. The molecule has 2 rings (SSSR count). The number of hydrogen-bond donors (Lipinski definition) is 1. The largest absolute Gasteiger partial charge is 0.354 e. The smallest absolute Gasteiger partial charge is 0.242 e. The summed E-state index contributed by atoms with van der Waals surface area (Å²) in [5, 5.41) is 3.77. The van der Waals surface area contributed by atoms with E-state index in [4.69, 9.17) is 23.2 Å². The highest BCUT2D eigenvalue weighted by Gasteiger charge is 2.29. The van der Waals surface area contributed by atoms with Crippen LogP contribution in [0.5, 0.6) is 0 Å². The number of sulfonamides is 1. The second-order valence-corrected chi connectivity index (χ2v) is 12.0. The van der Waals surface area contributed by atoms with E-state index in [1.54, 1.807) is 18.2 Å². The minimum Gasteiger partial charge on any atom is -0.354 e. The molecule has 37 heavy (non-hydrogen) atoms. The van der Waals surface area contributed by atoms with Crippen LogP contribution in [0.4, 0.5) is 5.69 Å². The first-order valence-corrected chi connectivity index (χ1v) is 15.0. The van der Waals surface area contributed by atoms with Gasteiger partial charge in [-0.05, 0) is 74.1 Å². The van der Waals surface area contributed by atoms with E-state index >= 15 is 0 Å². The fraction of sp³-hybridized carbons (Fsp3) is 0.481. The summed E-state index contributed by atoms with van der Waals surface area (Å²) in [6, 6.07) is 9.96. The lowest BCUT2D eigenvalue weighted by molar-refractivity contribution is -0.141. The first-order valence-electron chi connectivity index (χ1n) is 12.4. The summed E-state index contributed by atoms with van der Waals surface area (Å²) in [6.07, 6.45) is 2.71. The van der Waals surface area contributed by atoms with Crippen molar-refractivity contribution >= 4 is 50.7 Å². The first kappa shape index (κ1) is 30.9. The molecule has 1 N–H and O–H groups in total. The molecule has 0 bridgehead atoms. The number of amides is 2. The van der Waals surface area contributed by atoms with Crippen molar-refractivity contribution in [3.63, 3.8) is 0 Å². The van der Waals surface area contributed by atoms with Crippen LogP contribution >= 0.6 is 23.2 Å². The van der Waals surface area contributed by atoms with E-state index in [0.717, 1.165) is 23.8 Å². The normalized spacial score (nSPS) is 12.2. The number of nitrogens with one attached hydrogen (secondary N) is 1. The SMILES string of the molecule is CCCNC(=O)[C@H](CC)N(Cc1ccc(Cl)cc1Cl)C(=O)CCCN(c1cc(C)cc(C)c1)S(C)(=O)=O. The molecule has 2 aromatic rings. The van der Waals surface area contributed by atoms with Gasteiger partial charge in [-0.3, -0.25) is 13.9 Å². The Balaban J connectivity index is 2.26. The van der Waals surface area contributed by atoms with E-state index in [0.29, 0.717) is 34.3 Å². The van der Waals surface area contributed by atoms with Crippen molar-refractivity contribution in [1.29, 1.82) is 0 Å². The van der Waals surface area contributed by atoms with Crippen LogP contribution in [-0.2, 0) is 26.2 Å². The summed E-state index contributed by atoms with van der Waals surface area (Å²) in [7, 11) is -3.56. The van der Waals surface area contributed by atoms with Gasteiger partial charge in [0.05, 0.1) is 11.9 Å². The standard InChI is InChI=1S/C27H37Cl2N3O4S/c1-6-12-30-27(34)25(7-2)31(18-21-10-11-22(28)17-24(21)29)26(33)9-8-13-32(37(5,35)36)23-15-19(3)14-20(4)16-23/h10-11,14-17,25H,6-9,12-13,18H2,1-5H3,(H,30,34)/t25-/m0/s1. The molecule has 0 unspecified atom stereocenters. The molecule has 0 aromatic heterocycles. The van der Waals surface area contributed by atoms with E-state index in [1.165, 1.54) is 9.21 Å². The molecule has 1 atom stereocenters. The summed E-state index contributed by atoms with van der Waals surface area (Å²) in [4.78, 5) is 27.9. The van der Waals surface area contributed by atoms with Crippen LogP contribution in [0, 0.1) is 13.8 Å². The van der Waals surface area contributed by atoms with Crippen LogP contribution in [0.15, 0.2) is 36.4 Å². The van der Waals surface area contributed by atoms with Crippen LogP contribution in [-0.4, -0.2) is 50.5 Å². The van der Waals surface area contributed by atoms with Crippen molar-refractivity contribution in [1.82, 2.24) is 10.2 Å². The maximum Gasteiger partial charge on any atom is 0.242 e. The molecular formula is C27H37Cl2N3O4S. The summed E-state index contributed by atoms with van der Waals surface area (Å²) in [5.74, 6) is -0.478. The Hall–Kier alpha value is -2.29. The minimum absolute atomic E-state index is 0.0690. The topological polar surface area (TPSA) is 86.8 Å². The maximum atomic E-state index is 13.5. The van der Waals surface area contributed by atoms with Crippen LogP contribution < -0.4 is 9.62 Å². The number of nitrogens with zero attached hydrogens (tertiary/aromatic N) is 2. The fourth-order valence-electron chi connectivity index (χ4n) is 4.22. The molecule has 0 fully saturated rings. The molecule has 2 aromatic carbocycles. The van der Waals surface area contributed by atoms with Crippen LogP contribution in [0.1, 0.15) is 56.2 Å². The van der Waals surface area contributed by atoms with Crippen molar-refractivity contribution in [2.24, 2.45) is 0 Å². The third-order valence-electron chi connectivity index (χ3n) is 5.94. The van der Waals surface area contributed by atoms with Crippen LogP contribution in [0.2, 0.25) is 10.0 Å². The van der Waals surface area contributed by atoms with Gasteiger partial charge >= 0.3 is 0 Å². The average Bonchev–Trinajstić information content (AvgIpc) is 2.80. The van der Waals surface area contributed by atoms with Crippen molar-refractivity contribution in [3.8, 4) is 0 Å². The monoisotopic (exact) mass is 569 g/mol. The number of hydrogen-bond acceptors (Lipinski definition) is 4. The van der Waals surface area contributed by atoms with E-state index in [1.807, 2.05) is 45.9 Å². The highest BCUT2D eigenvalue weighted by Crippen LogP contribution is 2.25. The van der Waals surface area contributed by atoms with Gasteiger partial charge in [0.1, 0.15) is 6.04 Å². The number of rotatable bonds is 13. The van der Waals surface area contributed by atoms with Gasteiger partial charge in [0.25, 0.3) is 0 Å². The van der Waals surface area contributed by atoms with Gasteiger partial charge in [-0.2, -0.15) is 0 Å². The van der Waals surface area contributed by atoms with Crippen molar-refractivity contribution in [3.05, 3.63) is 63.1 Å². The molecule has 0 aliphatic rings. The molecule has 2 amide bonds. The predicted molar refractivity (Wildman–Crippen MR) is 152 cm³/mol. The molecule has 0 spiro atoms. The highest BCUT2D eigenvalue weighted by atomic mass is 35.5. The second-order valence-electron chi connectivity index (χ2n) is 9.26. The Morgan fingerprint density at radius 3 is 2.22 bits per heavy atom. The molecule has 204 valence electrons. The zero-order valence-electron chi connectivity index (χ0n) is 22.2. The highest BCUT2D eigenvalue weighted by molar-refractivity contribution is 7.92. The molecular weight excluding hydrogens is 533 g/mol. The van der Waals surface area contributed by atoms with Crippen molar-refractivity contribution in [2.75, 3.05) is 23.7 Å². The Labute approximate surface area is 231 Å². The van der Waals surface area contributed by atoms with Gasteiger partial charge < -0.3 is 10.2 Å². The Kier molecular flexibility index (Phi) is 11.7. The van der Waals surface area contributed by atoms with Crippen molar-refractivity contribution in [2.45, 2.75) is 66.0 Å². The van der Waals surface area contributed by atoms with Gasteiger partial charge in [0.2, 0.25) is 21.8 Å². The van der Waals surface area contributed by atoms with E-state index in [9.17, 15) is 18.0 Å². The molecule has 0 saturated carbocycles. The Morgan fingerprint density at radius 1 is 1.03 bits per heavy atom. The lowest BCUT2D eigenvalue weighted by Crippen LogP contribution is -2.49. The lowest BCUT2D eigenvalue weighted by atomic mass is 10.1. The van der Waals surface area contributed by atoms with E-state index in [-0.39, 0.29) is 37.7 Å². The number of halogens is 2. The molecule has 0 aliphatic heterocycles. The molecule has 0 heterocycles. The maximum absolute atomic E-state index is 13.5. The molecule has 0 radical (unpaired) electrons. The summed E-state index contributed by atoms with van der Waals surface area (Å²) >= 11 is 12.4. The number of anilines is 1. The second kappa shape index (κ2) is 14.0. The number of carbonyl (C=O) groups excluding carboxylic acids is 2. The zero-order valence-corrected chi connectivity index (χ0v) is 24.5. The quantitative estimate of drug-likeness (QED) is 0.345. The molecule has 0 aliphatic carbocycles. The van der Waals surface area contributed by atoms with E-state index in [2.05, 4.69) is 5.32 Å². The van der Waals surface area contributed by atoms with Crippen LogP contribution in [0.3, 0.4) is 0 Å². The van der Waals surface area contributed by atoms with Gasteiger partial charge in [-0.1, -0.05) is 49.2 Å². The lowest BCUT2D eigenvalue weighted by Gasteiger charge is -2.31. The molecule has 10 heteroatoms. The van der Waals surface area contributed by atoms with Gasteiger partial charge in [-0.25, -0.2) is 8.42 Å². The van der Waals surface area contributed by atoms with E-state index < -0.39 is 16.1 Å². The van der Waals surface area contributed by atoms with Crippen molar-refractivity contribution < 1.29 is 18.0 Å². The number of carbonyl (C=O) groups is 2. The van der Waals surface area contributed by atoms with Crippen LogP contribution in [0.25, 0.3) is 0 Å². The number of benzene rings is 2. The van der Waals surface area contributed by atoms with Gasteiger partial charge in [-0.15, -0.1) is 0 Å². The van der Waals surface area contributed by atoms with Gasteiger partial charge in [0, 0.05) is 36.1 Å². The molecule has 0 saturated heterocycles. The summed E-state index contributed by atoms with van der Waals surface area (Å²) in [5.41, 5.74) is 3.15. The average molecular weight is 571 g/mol.